The maximum absolute atomic E-state index is 14.2. The fourth-order valence-corrected chi connectivity index (χ4v) is 5.69. The molecule has 0 saturated heterocycles. The summed E-state index contributed by atoms with van der Waals surface area (Å²) in [5, 5.41) is 8.40. The first-order valence-corrected chi connectivity index (χ1v) is 12.6. The van der Waals surface area contributed by atoms with Crippen molar-refractivity contribution in [1.29, 1.82) is 0 Å². The van der Waals surface area contributed by atoms with Crippen molar-refractivity contribution >= 4 is 11.6 Å². The molecule has 1 fully saturated rings. The molecule has 1 saturated carbocycles. The number of ether oxygens (including phenoxy) is 1. The molecule has 0 radical (unpaired) electrons. The monoisotopic (exact) mass is 527 g/mol. The van der Waals surface area contributed by atoms with Crippen LogP contribution < -0.4 is 10.6 Å². The van der Waals surface area contributed by atoms with E-state index in [-0.39, 0.29) is 23.8 Å². The number of carbonyl (C=O) groups is 1. The highest BCUT2D eigenvalue weighted by Crippen LogP contribution is 2.50. The lowest BCUT2D eigenvalue weighted by Crippen LogP contribution is -2.48. The van der Waals surface area contributed by atoms with E-state index in [2.05, 4.69) is 10.2 Å². The highest BCUT2D eigenvalue weighted by molar-refractivity contribution is 6.10. The number of rotatable bonds is 5. The minimum atomic E-state index is -4.62. The maximum atomic E-state index is 14.2. The maximum Gasteiger partial charge on any atom is 0.416 e. The van der Waals surface area contributed by atoms with Crippen LogP contribution in [-0.2, 0) is 29.9 Å². The predicted octanol–water partition coefficient (Wildman–Crippen LogP) is 5.14. The van der Waals surface area contributed by atoms with Gasteiger partial charge in [0.25, 0.3) is 5.91 Å². The molecule has 2 aliphatic rings. The van der Waals surface area contributed by atoms with E-state index >= 15 is 0 Å². The van der Waals surface area contributed by atoms with E-state index in [9.17, 15) is 18.0 Å². The zero-order chi connectivity index (χ0) is 27.6. The number of anilines is 1. The van der Waals surface area contributed by atoms with Crippen molar-refractivity contribution in [3.8, 4) is 0 Å². The third-order valence-corrected chi connectivity index (χ3v) is 8.00. The molecular formula is C28H32F3N5O2. The number of hydrogen-bond acceptors (Lipinski definition) is 5. The number of aromatic nitrogens is 3. The van der Waals surface area contributed by atoms with Crippen molar-refractivity contribution in [2.24, 2.45) is 18.2 Å². The third kappa shape index (κ3) is 4.19. The highest BCUT2D eigenvalue weighted by atomic mass is 19.4. The van der Waals surface area contributed by atoms with Crippen LogP contribution in [0.4, 0.5) is 18.9 Å². The van der Waals surface area contributed by atoms with E-state index in [1.54, 1.807) is 19.5 Å². The van der Waals surface area contributed by atoms with Gasteiger partial charge in [0.05, 0.1) is 23.6 Å². The molecule has 0 unspecified atom stereocenters. The zero-order valence-corrected chi connectivity index (χ0v) is 22.1. The summed E-state index contributed by atoms with van der Waals surface area (Å²) in [6.45, 7) is 5.41. The number of nitrogens with two attached hydrogens (primary N) is 1. The van der Waals surface area contributed by atoms with Gasteiger partial charge in [-0.25, -0.2) is 0 Å². The number of halogens is 3. The molecule has 0 spiro atoms. The van der Waals surface area contributed by atoms with Crippen molar-refractivity contribution in [3.63, 3.8) is 0 Å². The molecule has 1 atom stereocenters. The van der Waals surface area contributed by atoms with Gasteiger partial charge in [-0.2, -0.15) is 13.2 Å². The van der Waals surface area contributed by atoms with Crippen LogP contribution in [0.1, 0.15) is 78.1 Å². The summed E-state index contributed by atoms with van der Waals surface area (Å²) >= 11 is 0. The van der Waals surface area contributed by atoms with Gasteiger partial charge in [-0.05, 0) is 59.2 Å². The summed E-state index contributed by atoms with van der Waals surface area (Å²) < 4.78 is 50.0. The van der Waals surface area contributed by atoms with E-state index in [1.165, 1.54) is 11.0 Å². The van der Waals surface area contributed by atoms with Crippen LogP contribution in [-0.4, -0.2) is 33.9 Å². The number of carbonyl (C=O) groups excluding carboxylic acids is 1. The number of benzene rings is 2. The summed E-state index contributed by atoms with van der Waals surface area (Å²) in [7, 11) is 3.54. The summed E-state index contributed by atoms with van der Waals surface area (Å²) in [5.74, 6) is 0.306. The van der Waals surface area contributed by atoms with Crippen molar-refractivity contribution in [3.05, 3.63) is 76.4 Å². The fraction of sp³-hybridized carbons (Fsp3) is 0.464. The standard InChI is InChI=1S/C28H32F3N5O2/c1-26(2,3)23(32)16-9-20-21(22(10-16)28(29,30)31)14-36(24(20)37)18-8-6-7-17(11-18)27(12-19(13-27)38-5)25-34-33-15-35(25)4/h6-11,15,19,23H,12-14,32H2,1-5H3/t19?,23-,27?/m0/s1. The Bertz CT molecular complexity index is 1390. The Morgan fingerprint density at radius 1 is 1.16 bits per heavy atom. The second-order valence-electron chi connectivity index (χ2n) is 11.5. The van der Waals surface area contributed by atoms with Crippen molar-refractivity contribution in [1.82, 2.24) is 14.8 Å². The zero-order valence-electron chi connectivity index (χ0n) is 22.1. The van der Waals surface area contributed by atoms with Gasteiger partial charge in [0.2, 0.25) is 0 Å². The van der Waals surface area contributed by atoms with Gasteiger partial charge >= 0.3 is 6.18 Å². The van der Waals surface area contributed by atoms with E-state index < -0.39 is 34.5 Å². The predicted molar refractivity (Wildman–Crippen MR) is 137 cm³/mol. The van der Waals surface area contributed by atoms with Gasteiger partial charge in [-0.3, -0.25) is 4.79 Å². The number of nitrogens with zero attached hydrogens (tertiary/aromatic N) is 4. The van der Waals surface area contributed by atoms with E-state index in [0.29, 0.717) is 24.1 Å². The Labute approximate surface area is 219 Å². The Balaban J connectivity index is 1.56. The molecule has 0 bridgehead atoms. The highest BCUT2D eigenvalue weighted by Gasteiger charge is 2.50. The summed E-state index contributed by atoms with van der Waals surface area (Å²) in [6.07, 6.45) is -1.57. The van der Waals surface area contributed by atoms with Crippen LogP contribution in [0.25, 0.3) is 0 Å². The Kier molecular flexibility index (Phi) is 6.18. The van der Waals surface area contributed by atoms with Gasteiger partial charge in [0.15, 0.2) is 0 Å². The average molecular weight is 528 g/mol. The Morgan fingerprint density at radius 3 is 2.45 bits per heavy atom. The van der Waals surface area contributed by atoms with Gasteiger partial charge < -0.3 is 19.9 Å². The fourth-order valence-electron chi connectivity index (χ4n) is 5.69. The summed E-state index contributed by atoms with van der Waals surface area (Å²) in [4.78, 5) is 15.0. The molecule has 10 heteroatoms. The van der Waals surface area contributed by atoms with Crippen LogP contribution >= 0.6 is 0 Å². The molecule has 1 aliphatic heterocycles. The number of fused-ring (bicyclic) bond motifs is 1. The van der Waals surface area contributed by atoms with Crippen LogP contribution in [0.15, 0.2) is 42.7 Å². The summed E-state index contributed by atoms with van der Waals surface area (Å²) in [6, 6.07) is 9.37. The van der Waals surface area contributed by atoms with Crippen molar-refractivity contribution < 1.29 is 22.7 Å². The first-order valence-electron chi connectivity index (χ1n) is 12.6. The largest absolute Gasteiger partial charge is 0.416 e. The first-order chi connectivity index (χ1) is 17.8. The van der Waals surface area contributed by atoms with E-state index in [0.717, 1.165) is 17.5 Å². The van der Waals surface area contributed by atoms with Gasteiger partial charge in [-0.1, -0.05) is 32.9 Å². The van der Waals surface area contributed by atoms with Crippen LogP contribution in [0.5, 0.6) is 0 Å². The molecule has 2 heterocycles. The quantitative estimate of drug-likeness (QED) is 0.497. The number of hydrogen-bond donors (Lipinski definition) is 1. The topological polar surface area (TPSA) is 86.3 Å². The van der Waals surface area contributed by atoms with Crippen LogP contribution in [0.3, 0.4) is 0 Å². The molecule has 3 aromatic rings. The Morgan fingerprint density at radius 2 is 1.87 bits per heavy atom. The van der Waals surface area contributed by atoms with Crippen molar-refractivity contribution in [2.45, 2.75) is 63.9 Å². The van der Waals surface area contributed by atoms with Crippen LogP contribution in [0.2, 0.25) is 0 Å². The molecule has 1 aromatic heterocycles. The van der Waals surface area contributed by atoms with Gasteiger partial charge in [-0.15, -0.1) is 10.2 Å². The van der Waals surface area contributed by atoms with Crippen LogP contribution in [0, 0.1) is 5.41 Å². The summed E-state index contributed by atoms with van der Waals surface area (Å²) in [5.41, 5.74) is 6.32. The van der Waals surface area contributed by atoms with E-state index in [4.69, 9.17) is 10.5 Å². The molecule has 1 amide bonds. The smallest absolute Gasteiger partial charge is 0.381 e. The van der Waals surface area contributed by atoms with Gasteiger partial charge in [0, 0.05) is 31.5 Å². The minimum Gasteiger partial charge on any atom is -0.381 e. The molecule has 1 aliphatic carbocycles. The third-order valence-electron chi connectivity index (χ3n) is 8.00. The molecule has 7 nitrogen and oxygen atoms in total. The normalized spacial score (nSPS) is 22.4. The second kappa shape index (κ2) is 8.91. The molecular weight excluding hydrogens is 495 g/mol. The lowest BCUT2D eigenvalue weighted by Gasteiger charge is -2.46. The number of alkyl halides is 3. The number of methoxy groups -OCH3 is 1. The molecule has 202 valence electrons. The minimum absolute atomic E-state index is 0.0242. The lowest BCUT2D eigenvalue weighted by molar-refractivity contribution is -0.138. The second-order valence-corrected chi connectivity index (χ2v) is 11.5. The number of aryl methyl sites for hydroxylation is 1. The molecule has 5 rings (SSSR count). The molecule has 2 aromatic carbocycles. The van der Waals surface area contributed by atoms with E-state index in [1.807, 2.05) is 50.6 Å². The first kappa shape index (κ1) is 26.4. The number of amides is 1. The molecule has 2 N–H and O–H groups in total. The molecule has 38 heavy (non-hydrogen) atoms. The lowest BCUT2D eigenvalue weighted by atomic mass is 9.62. The SMILES string of the molecule is COC1CC(c2cccc(N3Cc4c(cc([C@H](N)C(C)(C)C)cc4C(F)(F)F)C3=O)c2)(c2nncn2C)C1. The average Bonchev–Trinajstić information content (AvgIpc) is 3.40. The van der Waals surface area contributed by atoms with Crippen molar-refractivity contribution in [2.75, 3.05) is 12.0 Å². The Hall–Kier alpha value is -3.24. The van der Waals surface area contributed by atoms with Gasteiger partial charge in [0.1, 0.15) is 12.2 Å².